The molecule has 1 aliphatic heterocycles. The standard InChI is InChI=1S/C25H24N2O/c1-2-23-16-22(15-19-10-12-21(18-28)13-11-19)25-24(9-6-14-26-25)27(23)17-20-7-4-3-5-8-20/h2-14,18,22H,15-17H2,1H3/b23-2-. The van der Waals surface area contributed by atoms with E-state index in [2.05, 4.69) is 66.4 Å². The molecule has 4 rings (SSSR count). The number of carbonyl (C=O) groups excluding carboxylic acids is 1. The summed E-state index contributed by atoms with van der Waals surface area (Å²) in [6.07, 6.45) is 6.88. The van der Waals surface area contributed by atoms with Gasteiger partial charge >= 0.3 is 0 Å². The molecule has 2 heterocycles. The molecule has 0 fully saturated rings. The largest absolute Gasteiger partial charge is 0.340 e. The molecule has 0 spiro atoms. The van der Waals surface area contributed by atoms with Crippen molar-refractivity contribution in [3.63, 3.8) is 0 Å². The highest BCUT2D eigenvalue weighted by molar-refractivity contribution is 5.74. The molecular weight excluding hydrogens is 344 g/mol. The van der Waals surface area contributed by atoms with Gasteiger partial charge in [-0.05, 0) is 43.0 Å². The second-order valence-electron chi connectivity index (χ2n) is 7.22. The maximum atomic E-state index is 10.9. The maximum Gasteiger partial charge on any atom is 0.150 e. The SMILES string of the molecule is C/C=C1/CC(Cc2ccc(C=O)cc2)c2ncccc2N1Cc1ccccc1. The van der Waals surface area contributed by atoms with Gasteiger partial charge < -0.3 is 4.90 Å². The molecule has 1 unspecified atom stereocenters. The van der Waals surface area contributed by atoms with Gasteiger partial charge in [0.1, 0.15) is 6.29 Å². The van der Waals surface area contributed by atoms with Crippen LogP contribution in [0.15, 0.2) is 84.7 Å². The molecule has 1 atom stereocenters. The predicted molar refractivity (Wildman–Crippen MR) is 114 cm³/mol. The van der Waals surface area contributed by atoms with Gasteiger partial charge in [-0.2, -0.15) is 0 Å². The van der Waals surface area contributed by atoms with Crippen molar-refractivity contribution in [3.8, 4) is 0 Å². The van der Waals surface area contributed by atoms with Crippen molar-refractivity contribution < 1.29 is 4.79 Å². The van der Waals surface area contributed by atoms with E-state index in [1.807, 2.05) is 24.4 Å². The third kappa shape index (κ3) is 3.74. The first-order valence-electron chi connectivity index (χ1n) is 9.74. The summed E-state index contributed by atoms with van der Waals surface area (Å²) in [5, 5.41) is 0. The zero-order valence-electron chi connectivity index (χ0n) is 16.1. The van der Waals surface area contributed by atoms with Crippen molar-refractivity contribution in [1.82, 2.24) is 4.98 Å². The number of aldehydes is 1. The first kappa shape index (κ1) is 18.2. The number of anilines is 1. The highest BCUT2D eigenvalue weighted by Crippen LogP contribution is 2.41. The van der Waals surface area contributed by atoms with Gasteiger partial charge in [0.25, 0.3) is 0 Å². The van der Waals surface area contributed by atoms with E-state index in [9.17, 15) is 4.79 Å². The van der Waals surface area contributed by atoms with Crippen molar-refractivity contribution in [2.24, 2.45) is 0 Å². The normalized spacial score (nSPS) is 17.4. The number of hydrogen-bond donors (Lipinski definition) is 0. The summed E-state index contributed by atoms with van der Waals surface area (Å²) in [4.78, 5) is 18.1. The highest BCUT2D eigenvalue weighted by atomic mass is 16.1. The summed E-state index contributed by atoms with van der Waals surface area (Å²) < 4.78 is 0. The maximum absolute atomic E-state index is 10.9. The summed E-state index contributed by atoms with van der Waals surface area (Å²) in [7, 11) is 0. The van der Waals surface area contributed by atoms with Crippen LogP contribution in [0.4, 0.5) is 5.69 Å². The molecule has 3 heteroatoms. The molecule has 3 nitrogen and oxygen atoms in total. The second-order valence-corrected chi connectivity index (χ2v) is 7.22. The minimum atomic E-state index is 0.330. The first-order valence-corrected chi connectivity index (χ1v) is 9.74. The van der Waals surface area contributed by atoms with Crippen LogP contribution in [0.25, 0.3) is 0 Å². The van der Waals surface area contributed by atoms with Crippen LogP contribution < -0.4 is 4.90 Å². The summed E-state index contributed by atoms with van der Waals surface area (Å²) in [6, 6.07) is 22.7. The molecule has 2 aromatic carbocycles. The van der Waals surface area contributed by atoms with Crippen molar-refractivity contribution in [2.45, 2.75) is 32.2 Å². The average molecular weight is 368 g/mol. The molecule has 0 radical (unpaired) electrons. The number of rotatable bonds is 5. The Morgan fingerprint density at radius 2 is 1.79 bits per heavy atom. The quantitative estimate of drug-likeness (QED) is 0.555. The molecule has 0 amide bonds. The Kier molecular flexibility index (Phi) is 5.34. The Hall–Kier alpha value is -3.20. The minimum Gasteiger partial charge on any atom is -0.340 e. The number of benzene rings is 2. The zero-order chi connectivity index (χ0) is 19.3. The van der Waals surface area contributed by atoms with Crippen molar-refractivity contribution in [2.75, 3.05) is 4.90 Å². The van der Waals surface area contributed by atoms with Gasteiger partial charge in [0.05, 0.1) is 11.4 Å². The highest BCUT2D eigenvalue weighted by Gasteiger charge is 2.29. The Morgan fingerprint density at radius 1 is 1.00 bits per heavy atom. The molecule has 28 heavy (non-hydrogen) atoms. The van der Waals surface area contributed by atoms with E-state index in [-0.39, 0.29) is 0 Å². The van der Waals surface area contributed by atoms with Crippen molar-refractivity contribution in [1.29, 1.82) is 0 Å². The number of fused-ring (bicyclic) bond motifs is 1. The number of allylic oxidation sites excluding steroid dienone is 2. The molecule has 0 N–H and O–H groups in total. The van der Waals surface area contributed by atoms with Crippen LogP contribution in [0.1, 0.15) is 46.4 Å². The van der Waals surface area contributed by atoms with E-state index in [1.165, 1.54) is 22.5 Å². The number of aromatic nitrogens is 1. The molecule has 1 aromatic heterocycles. The van der Waals surface area contributed by atoms with E-state index in [1.54, 1.807) is 0 Å². The van der Waals surface area contributed by atoms with Gasteiger partial charge in [-0.25, -0.2) is 0 Å². The van der Waals surface area contributed by atoms with E-state index in [0.717, 1.165) is 31.4 Å². The monoisotopic (exact) mass is 368 g/mol. The van der Waals surface area contributed by atoms with Crippen LogP contribution in [0.5, 0.6) is 0 Å². The smallest absolute Gasteiger partial charge is 0.150 e. The molecule has 140 valence electrons. The van der Waals surface area contributed by atoms with Gasteiger partial charge in [0.15, 0.2) is 0 Å². The van der Waals surface area contributed by atoms with Gasteiger partial charge in [-0.15, -0.1) is 0 Å². The van der Waals surface area contributed by atoms with Crippen LogP contribution in [0, 0.1) is 0 Å². The fraction of sp³-hybridized carbons (Fsp3) is 0.200. The van der Waals surface area contributed by atoms with E-state index in [0.29, 0.717) is 11.5 Å². The second kappa shape index (κ2) is 8.22. The lowest BCUT2D eigenvalue weighted by molar-refractivity contribution is 0.112. The van der Waals surface area contributed by atoms with Crippen LogP contribution >= 0.6 is 0 Å². The molecule has 1 aliphatic rings. The molecule has 0 bridgehead atoms. The van der Waals surface area contributed by atoms with Gasteiger partial charge in [0, 0.05) is 29.9 Å². The Balaban J connectivity index is 1.66. The average Bonchev–Trinajstić information content (AvgIpc) is 2.76. The fourth-order valence-electron chi connectivity index (χ4n) is 3.98. The molecular formula is C25H24N2O. The lowest BCUT2D eigenvalue weighted by Crippen LogP contribution is -2.30. The van der Waals surface area contributed by atoms with Crippen LogP contribution in [0.3, 0.4) is 0 Å². The van der Waals surface area contributed by atoms with Crippen LogP contribution in [-0.4, -0.2) is 11.3 Å². The summed E-state index contributed by atoms with van der Waals surface area (Å²) >= 11 is 0. The van der Waals surface area contributed by atoms with Gasteiger partial charge in [-0.3, -0.25) is 9.78 Å². The molecule has 0 aliphatic carbocycles. The Bertz CT molecular complexity index is 977. The Labute approximate surface area is 166 Å². The number of hydrogen-bond acceptors (Lipinski definition) is 3. The number of nitrogens with zero attached hydrogens (tertiary/aromatic N) is 2. The minimum absolute atomic E-state index is 0.330. The first-order chi connectivity index (χ1) is 13.8. The van der Waals surface area contributed by atoms with E-state index < -0.39 is 0 Å². The summed E-state index contributed by atoms with van der Waals surface area (Å²) in [5.41, 5.74) is 6.93. The molecule has 3 aromatic rings. The zero-order valence-corrected chi connectivity index (χ0v) is 16.1. The predicted octanol–water partition coefficient (Wildman–Crippen LogP) is 5.53. The van der Waals surface area contributed by atoms with Gasteiger partial charge in [0.2, 0.25) is 0 Å². The number of carbonyl (C=O) groups is 1. The third-order valence-corrected chi connectivity index (χ3v) is 5.41. The van der Waals surface area contributed by atoms with Crippen LogP contribution in [-0.2, 0) is 13.0 Å². The van der Waals surface area contributed by atoms with Crippen molar-refractivity contribution >= 4 is 12.0 Å². The Morgan fingerprint density at radius 3 is 2.50 bits per heavy atom. The number of pyridine rings is 1. The molecule has 0 saturated heterocycles. The van der Waals surface area contributed by atoms with E-state index >= 15 is 0 Å². The summed E-state index contributed by atoms with van der Waals surface area (Å²) in [5.74, 6) is 0.330. The molecule has 0 saturated carbocycles. The third-order valence-electron chi connectivity index (χ3n) is 5.41. The van der Waals surface area contributed by atoms with Gasteiger partial charge in [-0.1, -0.05) is 60.7 Å². The topological polar surface area (TPSA) is 33.2 Å². The van der Waals surface area contributed by atoms with Crippen LogP contribution in [0.2, 0.25) is 0 Å². The fourth-order valence-corrected chi connectivity index (χ4v) is 3.98. The summed E-state index contributed by atoms with van der Waals surface area (Å²) in [6.45, 7) is 2.96. The lowest BCUT2D eigenvalue weighted by atomic mass is 9.86. The van der Waals surface area contributed by atoms with E-state index in [4.69, 9.17) is 4.98 Å². The van der Waals surface area contributed by atoms with Crippen molar-refractivity contribution in [3.05, 3.63) is 107 Å². The lowest BCUT2D eigenvalue weighted by Gasteiger charge is -2.37.